The highest BCUT2D eigenvalue weighted by molar-refractivity contribution is 6.35. The zero-order chi connectivity index (χ0) is 19.7. The highest BCUT2D eigenvalue weighted by Gasteiger charge is 2.51. The van der Waals surface area contributed by atoms with Crippen LogP contribution in [0.3, 0.4) is 0 Å². The number of amides is 3. The summed E-state index contributed by atoms with van der Waals surface area (Å²) in [6.45, 7) is 0.659. The van der Waals surface area contributed by atoms with Crippen LogP contribution in [0.5, 0.6) is 0 Å². The van der Waals surface area contributed by atoms with Crippen LogP contribution in [0.4, 0.5) is 4.79 Å². The molecular weight excluding hydrogens is 397 g/mol. The van der Waals surface area contributed by atoms with Crippen molar-refractivity contribution < 1.29 is 9.59 Å². The zero-order valence-corrected chi connectivity index (χ0v) is 17.4. The summed E-state index contributed by atoms with van der Waals surface area (Å²) < 4.78 is 0. The monoisotopic (exact) mass is 423 g/mol. The Morgan fingerprint density at radius 2 is 1.64 bits per heavy atom. The summed E-state index contributed by atoms with van der Waals surface area (Å²) in [6, 6.07) is 5.05. The molecule has 3 amide bonds. The Labute approximate surface area is 175 Å². The molecule has 0 atom stereocenters. The summed E-state index contributed by atoms with van der Waals surface area (Å²) in [5.74, 6) is 2.24. The van der Waals surface area contributed by atoms with Gasteiger partial charge in [0.1, 0.15) is 0 Å². The Morgan fingerprint density at radius 3 is 2.25 bits per heavy atom. The Hall–Kier alpha value is -1.46. The summed E-state index contributed by atoms with van der Waals surface area (Å²) in [6.07, 6.45) is 7.64. The Morgan fingerprint density at radius 1 is 1.00 bits per heavy atom. The number of carbonyl (C=O) groups excluding carboxylic acids is 2. The molecule has 28 heavy (non-hydrogen) atoms. The molecule has 3 N–H and O–H groups in total. The number of rotatable bonds is 6. The van der Waals surface area contributed by atoms with Crippen molar-refractivity contribution in [2.75, 3.05) is 6.54 Å². The molecule has 4 aliphatic rings. The SMILES string of the molecule is O=C(CCNC(=O)NC12CC3CC(CC(C3)C1)C2)NCc1ccc(Cl)cc1Cl. The van der Waals surface area contributed by atoms with E-state index in [0.717, 1.165) is 42.6 Å². The topological polar surface area (TPSA) is 70.2 Å². The van der Waals surface area contributed by atoms with Gasteiger partial charge in [0.25, 0.3) is 0 Å². The molecule has 152 valence electrons. The van der Waals surface area contributed by atoms with E-state index in [1.165, 1.54) is 19.3 Å². The van der Waals surface area contributed by atoms with Gasteiger partial charge in [0.15, 0.2) is 0 Å². The lowest BCUT2D eigenvalue weighted by atomic mass is 9.53. The van der Waals surface area contributed by atoms with E-state index in [2.05, 4.69) is 16.0 Å². The molecule has 0 radical (unpaired) electrons. The number of hydrogen-bond acceptors (Lipinski definition) is 2. The van der Waals surface area contributed by atoms with Gasteiger partial charge in [0, 0.05) is 35.1 Å². The number of hydrogen-bond donors (Lipinski definition) is 3. The molecule has 4 saturated carbocycles. The first-order valence-corrected chi connectivity index (χ1v) is 10.9. The molecule has 5 nitrogen and oxygen atoms in total. The van der Waals surface area contributed by atoms with Crippen molar-refractivity contribution in [3.05, 3.63) is 33.8 Å². The average Bonchev–Trinajstić information content (AvgIpc) is 2.59. The maximum absolute atomic E-state index is 12.4. The number of urea groups is 1. The molecule has 0 aliphatic heterocycles. The fraction of sp³-hybridized carbons (Fsp3) is 0.619. The van der Waals surface area contributed by atoms with Gasteiger partial charge in [-0.05, 0) is 74.0 Å². The molecular formula is C21H27Cl2N3O2. The lowest BCUT2D eigenvalue weighted by Gasteiger charge is -2.56. The molecule has 0 heterocycles. The van der Waals surface area contributed by atoms with Gasteiger partial charge in [-0.25, -0.2) is 4.79 Å². The Balaban J connectivity index is 1.18. The van der Waals surface area contributed by atoms with E-state index in [9.17, 15) is 9.59 Å². The van der Waals surface area contributed by atoms with Gasteiger partial charge in [0.05, 0.1) is 0 Å². The maximum atomic E-state index is 12.4. The highest BCUT2D eigenvalue weighted by Crippen LogP contribution is 2.55. The van der Waals surface area contributed by atoms with E-state index in [-0.39, 0.29) is 23.9 Å². The van der Waals surface area contributed by atoms with Crippen molar-refractivity contribution in [3.63, 3.8) is 0 Å². The fourth-order valence-corrected chi connectivity index (χ4v) is 6.26. The van der Waals surface area contributed by atoms with Crippen LogP contribution in [-0.2, 0) is 11.3 Å². The minimum atomic E-state index is -0.143. The summed E-state index contributed by atoms with van der Waals surface area (Å²) in [5.41, 5.74) is 0.804. The summed E-state index contributed by atoms with van der Waals surface area (Å²) in [5, 5.41) is 10.0. The van der Waals surface area contributed by atoms with E-state index in [0.29, 0.717) is 23.1 Å². The van der Waals surface area contributed by atoms with Gasteiger partial charge in [-0.2, -0.15) is 0 Å². The first-order valence-electron chi connectivity index (χ1n) is 10.2. The number of carbonyl (C=O) groups is 2. The second-order valence-electron chi connectivity index (χ2n) is 8.84. The Kier molecular flexibility index (Phi) is 5.75. The van der Waals surface area contributed by atoms with Gasteiger partial charge in [0.2, 0.25) is 5.91 Å². The molecule has 5 rings (SSSR count). The normalized spacial score (nSPS) is 30.1. The third kappa shape index (κ3) is 4.57. The second kappa shape index (κ2) is 8.11. The minimum absolute atomic E-state index is 0.00752. The summed E-state index contributed by atoms with van der Waals surface area (Å²) in [4.78, 5) is 24.4. The van der Waals surface area contributed by atoms with E-state index in [1.54, 1.807) is 18.2 Å². The second-order valence-corrected chi connectivity index (χ2v) is 9.68. The first kappa shape index (κ1) is 19.8. The van der Waals surface area contributed by atoms with Crippen molar-refractivity contribution in [3.8, 4) is 0 Å². The van der Waals surface area contributed by atoms with Crippen LogP contribution in [0, 0.1) is 17.8 Å². The van der Waals surface area contributed by atoms with Crippen LogP contribution in [0.2, 0.25) is 10.0 Å². The largest absolute Gasteiger partial charge is 0.352 e. The third-order valence-electron chi connectivity index (χ3n) is 6.55. The standard InChI is InChI=1S/C21H27Cl2N3O2/c22-17-2-1-16(18(23)8-17)12-25-19(27)3-4-24-20(28)26-21-9-13-5-14(10-21)7-15(6-13)11-21/h1-2,8,13-15H,3-7,9-12H2,(H,25,27)(H2,24,26,28). The Bertz CT molecular complexity index is 733. The van der Waals surface area contributed by atoms with Crippen molar-refractivity contribution in [2.24, 2.45) is 17.8 Å². The predicted octanol–water partition coefficient (Wildman–Crippen LogP) is 4.27. The lowest BCUT2D eigenvalue weighted by Crippen LogP contribution is -2.61. The van der Waals surface area contributed by atoms with Crippen LogP contribution in [0.1, 0.15) is 50.5 Å². The lowest BCUT2D eigenvalue weighted by molar-refractivity contribution is -0.121. The van der Waals surface area contributed by atoms with Gasteiger partial charge >= 0.3 is 6.03 Å². The van der Waals surface area contributed by atoms with E-state index in [4.69, 9.17) is 23.2 Å². The van der Waals surface area contributed by atoms with E-state index < -0.39 is 0 Å². The maximum Gasteiger partial charge on any atom is 0.315 e. The molecule has 4 bridgehead atoms. The quantitative estimate of drug-likeness (QED) is 0.639. The van der Waals surface area contributed by atoms with Crippen molar-refractivity contribution in [1.29, 1.82) is 0 Å². The number of halogens is 2. The van der Waals surface area contributed by atoms with Crippen LogP contribution in [0.25, 0.3) is 0 Å². The first-order chi connectivity index (χ1) is 13.4. The van der Waals surface area contributed by atoms with Crippen LogP contribution in [-0.4, -0.2) is 24.0 Å². The van der Waals surface area contributed by atoms with Gasteiger partial charge in [-0.15, -0.1) is 0 Å². The molecule has 1 aromatic carbocycles. The molecule has 0 spiro atoms. The van der Waals surface area contributed by atoms with Crippen LogP contribution < -0.4 is 16.0 Å². The van der Waals surface area contributed by atoms with Crippen molar-refractivity contribution in [1.82, 2.24) is 16.0 Å². The van der Waals surface area contributed by atoms with E-state index in [1.807, 2.05) is 0 Å². The molecule has 0 aromatic heterocycles. The molecule has 4 aliphatic carbocycles. The molecule has 0 saturated heterocycles. The highest BCUT2D eigenvalue weighted by atomic mass is 35.5. The molecule has 4 fully saturated rings. The number of nitrogens with one attached hydrogen (secondary N) is 3. The van der Waals surface area contributed by atoms with E-state index >= 15 is 0 Å². The molecule has 1 aromatic rings. The van der Waals surface area contributed by atoms with Crippen molar-refractivity contribution >= 4 is 35.1 Å². The van der Waals surface area contributed by atoms with Gasteiger partial charge in [-0.3, -0.25) is 4.79 Å². The molecule has 7 heteroatoms. The predicted molar refractivity (Wildman–Crippen MR) is 110 cm³/mol. The van der Waals surface area contributed by atoms with Gasteiger partial charge in [-0.1, -0.05) is 29.3 Å². The van der Waals surface area contributed by atoms with Crippen LogP contribution >= 0.6 is 23.2 Å². The number of benzene rings is 1. The molecule has 0 unspecified atom stereocenters. The van der Waals surface area contributed by atoms with Crippen LogP contribution in [0.15, 0.2) is 18.2 Å². The average molecular weight is 424 g/mol. The van der Waals surface area contributed by atoms with Crippen molar-refractivity contribution in [2.45, 2.75) is 57.0 Å². The van der Waals surface area contributed by atoms with Gasteiger partial charge < -0.3 is 16.0 Å². The summed E-state index contributed by atoms with van der Waals surface area (Å²) >= 11 is 12.0. The fourth-order valence-electron chi connectivity index (χ4n) is 5.79. The smallest absolute Gasteiger partial charge is 0.315 e. The zero-order valence-electron chi connectivity index (χ0n) is 15.9. The minimum Gasteiger partial charge on any atom is -0.352 e. The third-order valence-corrected chi connectivity index (χ3v) is 7.13. The summed E-state index contributed by atoms with van der Waals surface area (Å²) in [7, 11) is 0.